The zero-order chi connectivity index (χ0) is 20.3. The van der Waals surface area contributed by atoms with Crippen molar-refractivity contribution in [2.45, 2.75) is 26.0 Å². The third-order valence-corrected chi connectivity index (χ3v) is 4.39. The Kier molecular flexibility index (Phi) is 5.79. The number of aryl methyl sites for hydroxylation is 1. The van der Waals surface area contributed by atoms with Gasteiger partial charge in [-0.2, -0.15) is 0 Å². The maximum atomic E-state index is 12.6. The quantitative estimate of drug-likeness (QED) is 0.606. The number of fused-ring (bicyclic) bond motifs is 3. The number of pyridine rings is 2. The molecule has 1 aromatic carbocycles. The Bertz CT molecular complexity index is 1060. The highest BCUT2D eigenvalue weighted by molar-refractivity contribution is 6.05. The van der Waals surface area contributed by atoms with E-state index in [0.29, 0.717) is 11.1 Å². The molecule has 1 atom stereocenters. The molecule has 1 unspecified atom stereocenters. The average Bonchev–Trinajstić information content (AvgIpc) is 2.67. The van der Waals surface area contributed by atoms with Crippen molar-refractivity contribution in [3.8, 4) is 5.75 Å². The van der Waals surface area contributed by atoms with E-state index in [-0.39, 0.29) is 24.9 Å². The van der Waals surface area contributed by atoms with Gasteiger partial charge in [0.05, 0.1) is 29.7 Å². The topological polar surface area (TPSA) is 103 Å². The predicted molar refractivity (Wildman–Crippen MR) is 106 cm³/mol. The zero-order valence-electron chi connectivity index (χ0n) is 16.0. The summed E-state index contributed by atoms with van der Waals surface area (Å²) in [5, 5.41) is 13.7. The van der Waals surface area contributed by atoms with Crippen molar-refractivity contribution in [1.29, 1.82) is 0 Å². The van der Waals surface area contributed by atoms with Crippen LogP contribution in [0, 0.1) is 0 Å². The number of amides is 1. The summed E-state index contributed by atoms with van der Waals surface area (Å²) in [5.74, 6) is 0.539. The summed E-state index contributed by atoms with van der Waals surface area (Å²) in [5.41, 5.74) is 0.589. The van der Waals surface area contributed by atoms with E-state index in [1.807, 2.05) is 26.0 Å². The van der Waals surface area contributed by atoms with Crippen LogP contribution in [0.25, 0.3) is 21.7 Å². The highest BCUT2D eigenvalue weighted by atomic mass is 16.5. The summed E-state index contributed by atoms with van der Waals surface area (Å²) in [4.78, 5) is 27.6. The fourth-order valence-corrected chi connectivity index (χ4v) is 3.01. The molecule has 8 nitrogen and oxygen atoms in total. The normalized spacial score (nSPS) is 12.4. The number of carbonyl (C=O) groups is 1. The van der Waals surface area contributed by atoms with E-state index in [4.69, 9.17) is 14.6 Å². The van der Waals surface area contributed by atoms with Gasteiger partial charge in [0.1, 0.15) is 12.4 Å². The van der Waals surface area contributed by atoms with Crippen LogP contribution in [0.3, 0.4) is 0 Å². The minimum atomic E-state index is -1.14. The second-order valence-electron chi connectivity index (χ2n) is 6.80. The molecule has 0 aliphatic rings. The first-order chi connectivity index (χ1) is 13.4. The van der Waals surface area contributed by atoms with Crippen molar-refractivity contribution >= 4 is 27.8 Å². The molecule has 2 N–H and O–H groups in total. The number of carboxylic acid groups (broad SMARTS) is 1. The molecular weight excluding hydrogens is 362 g/mol. The summed E-state index contributed by atoms with van der Waals surface area (Å²) in [6.45, 7) is 4.06. The Morgan fingerprint density at radius 2 is 2.00 bits per heavy atom. The van der Waals surface area contributed by atoms with Crippen LogP contribution in [-0.4, -0.2) is 46.1 Å². The molecule has 0 fully saturated rings. The summed E-state index contributed by atoms with van der Waals surface area (Å²) >= 11 is 0. The number of rotatable bonds is 7. The average molecular weight is 385 g/mol. The van der Waals surface area contributed by atoms with Crippen LogP contribution < -0.4 is 15.6 Å². The van der Waals surface area contributed by atoms with Crippen molar-refractivity contribution in [2.75, 3.05) is 13.2 Å². The van der Waals surface area contributed by atoms with Crippen LogP contribution in [0.5, 0.6) is 5.75 Å². The van der Waals surface area contributed by atoms with Gasteiger partial charge >= 0.3 is 6.09 Å². The highest BCUT2D eigenvalue weighted by Crippen LogP contribution is 2.25. The van der Waals surface area contributed by atoms with E-state index in [1.165, 1.54) is 0 Å². The van der Waals surface area contributed by atoms with Gasteiger partial charge < -0.3 is 24.5 Å². The second-order valence-corrected chi connectivity index (χ2v) is 6.80. The maximum Gasteiger partial charge on any atom is 0.405 e. The molecule has 3 rings (SSSR count). The number of ether oxygens (including phenoxy) is 2. The van der Waals surface area contributed by atoms with E-state index >= 15 is 0 Å². The van der Waals surface area contributed by atoms with Gasteiger partial charge in [-0.3, -0.25) is 9.78 Å². The predicted octanol–water partition coefficient (Wildman–Crippen LogP) is 2.53. The molecular formula is C20H23N3O5. The molecule has 2 aromatic heterocycles. The first kappa shape index (κ1) is 19.6. The van der Waals surface area contributed by atoms with Crippen LogP contribution in [-0.2, 0) is 11.8 Å². The summed E-state index contributed by atoms with van der Waals surface area (Å²) in [6.07, 6.45) is 2.07. The molecule has 2 heterocycles. The highest BCUT2D eigenvalue weighted by Gasteiger charge is 2.15. The molecule has 0 aliphatic heterocycles. The van der Waals surface area contributed by atoms with E-state index in [0.717, 1.165) is 16.3 Å². The Morgan fingerprint density at radius 1 is 1.21 bits per heavy atom. The number of benzene rings is 1. The van der Waals surface area contributed by atoms with Gasteiger partial charge in [0.2, 0.25) is 0 Å². The van der Waals surface area contributed by atoms with E-state index in [2.05, 4.69) is 10.3 Å². The molecule has 0 saturated carbocycles. The molecule has 148 valence electrons. The second kappa shape index (κ2) is 8.26. The molecule has 0 saturated heterocycles. The maximum absolute atomic E-state index is 12.6. The lowest BCUT2D eigenvalue weighted by Gasteiger charge is -2.19. The summed E-state index contributed by atoms with van der Waals surface area (Å²) in [7, 11) is 1.70. The van der Waals surface area contributed by atoms with Gasteiger partial charge in [-0.05, 0) is 37.4 Å². The first-order valence-electron chi connectivity index (χ1n) is 8.97. The standard InChI is InChI=1S/C20H23N3O5/c1-12(2)27-10-13(22-20(25)26)11-28-14-4-5-16-15-6-7-21-9-17(15)19(24)23(3)18(16)8-14/h4-9,12-13,22H,10-11H2,1-3H3,(H,25,26). The molecule has 0 aliphatic carbocycles. The molecule has 0 bridgehead atoms. The van der Waals surface area contributed by atoms with Crippen molar-refractivity contribution in [1.82, 2.24) is 14.9 Å². The Balaban J connectivity index is 1.87. The third kappa shape index (κ3) is 4.23. The minimum absolute atomic E-state index is 0.0175. The first-order valence-corrected chi connectivity index (χ1v) is 8.97. The lowest BCUT2D eigenvalue weighted by atomic mass is 10.1. The van der Waals surface area contributed by atoms with Gasteiger partial charge in [0, 0.05) is 30.9 Å². The molecule has 1 amide bonds. The summed E-state index contributed by atoms with van der Waals surface area (Å²) in [6, 6.07) is 6.76. The largest absolute Gasteiger partial charge is 0.491 e. The number of hydrogen-bond acceptors (Lipinski definition) is 5. The lowest BCUT2D eigenvalue weighted by molar-refractivity contribution is 0.0499. The fraction of sp³-hybridized carbons (Fsp3) is 0.350. The van der Waals surface area contributed by atoms with Gasteiger partial charge in [-0.25, -0.2) is 4.79 Å². The van der Waals surface area contributed by atoms with Gasteiger partial charge in [0.25, 0.3) is 5.56 Å². The van der Waals surface area contributed by atoms with Crippen LogP contribution in [0.4, 0.5) is 4.79 Å². The lowest BCUT2D eigenvalue weighted by Crippen LogP contribution is -2.42. The van der Waals surface area contributed by atoms with Crippen LogP contribution in [0.15, 0.2) is 41.5 Å². The Hall–Kier alpha value is -3.13. The van der Waals surface area contributed by atoms with Gasteiger partial charge in [-0.15, -0.1) is 0 Å². The van der Waals surface area contributed by atoms with Crippen molar-refractivity contribution in [3.63, 3.8) is 0 Å². The third-order valence-electron chi connectivity index (χ3n) is 4.39. The van der Waals surface area contributed by atoms with Crippen molar-refractivity contribution < 1.29 is 19.4 Å². The van der Waals surface area contributed by atoms with Crippen LogP contribution >= 0.6 is 0 Å². The molecule has 28 heavy (non-hydrogen) atoms. The van der Waals surface area contributed by atoms with E-state index < -0.39 is 12.1 Å². The number of nitrogens with zero attached hydrogens (tertiary/aromatic N) is 2. The van der Waals surface area contributed by atoms with Gasteiger partial charge in [-0.1, -0.05) is 0 Å². The van der Waals surface area contributed by atoms with E-state index in [9.17, 15) is 9.59 Å². The molecule has 3 aromatic rings. The molecule has 8 heteroatoms. The Labute approximate surface area is 161 Å². The summed E-state index contributed by atoms with van der Waals surface area (Å²) < 4.78 is 12.8. The number of hydrogen-bond donors (Lipinski definition) is 2. The molecule has 0 radical (unpaired) electrons. The monoisotopic (exact) mass is 385 g/mol. The van der Waals surface area contributed by atoms with Crippen molar-refractivity contribution in [3.05, 3.63) is 47.0 Å². The fourth-order valence-electron chi connectivity index (χ4n) is 3.01. The smallest absolute Gasteiger partial charge is 0.405 e. The zero-order valence-corrected chi connectivity index (χ0v) is 16.0. The SMILES string of the molecule is CC(C)OCC(COc1ccc2c3ccncc3c(=O)n(C)c2c1)NC(=O)O. The van der Waals surface area contributed by atoms with Crippen molar-refractivity contribution in [2.24, 2.45) is 7.05 Å². The van der Waals surface area contributed by atoms with Crippen LogP contribution in [0.1, 0.15) is 13.8 Å². The Morgan fingerprint density at radius 3 is 2.71 bits per heavy atom. The van der Waals surface area contributed by atoms with E-state index in [1.54, 1.807) is 36.1 Å². The number of aromatic nitrogens is 2. The molecule has 0 spiro atoms. The van der Waals surface area contributed by atoms with Crippen LogP contribution in [0.2, 0.25) is 0 Å². The number of nitrogens with one attached hydrogen (secondary N) is 1. The van der Waals surface area contributed by atoms with Gasteiger partial charge in [0.15, 0.2) is 0 Å². The minimum Gasteiger partial charge on any atom is -0.491 e.